The summed E-state index contributed by atoms with van der Waals surface area (Å²) in [5.74, 6) is -0.361. The molecule has 3 rings (SSSR count). The Bertz CT molecular complexity index is 655. The summed E-state index contributed by atoms with van der Waals surface area (Å²) in [5.41, 5.74) is 3.02. The quantitative estimate of drug-likeness (QED) is 0.525. The molecule has 1 aliphatic carbocycles. The Hall–Kier alpha value is -2.42. The normalized spacial score (nSPS) is 18.0. The van der Waals surface area contributed by atoms with Crippen LogP contribution in [0.4, 0.5) is 0 Å². The van der Waals surface area contributed by atoms with Crippen LogP contribution < -0.4 is 0 Å². The molecule has 1 aliphatic heterocycles. The first-order valence-corrected chi connectivity index (χ1v) is 6.11. The van der Waals surface area contributed by atoms with E-state index in [-0.39, 0.29) is 17.1 Å². The van der Waals surface area contributed by atoms with E-state index in [0.29, 0.717) is 16.8 Å². The lowest BCUT2D eigenvalue weighted by molar-refractivity contribution is 0.0985. The SMILES string of the molecule is CC1=CN(C)C(=C2C(=O)c3ccccc3C2=O)C=C1. The Balaban J connectivity index is 2.18. The first-order chi connectivity index (χ1) is 9.09. The summed E-state index contributed by atoms with van der Waals surface area (Å²) in [5, 5.41) is 0. The Kier molecular flexibility index (Phi) is 2.49. The number of rotatable bonds is 0. The Morgan fingerprint density at radius 1 is 0.947 bits per heavy atom. The van der Waals surface area contributed by atoms with E-state index in [1.807, 2.05) is 37.2 Å². The maximum Gasteiger partial charge on any atom is 0.199 e. The van der Waals surface area contributed by atoms with Crippen LogP contribution in [-0.4, -0.2) is 23.5 Å². The van der Waals surface area contributed by atoms with Gasteiger partial charge in [-0.05, 0) is 18.6 Å². The van der Waals surface area contributed by atoms with Crippen molar-refractivity contribution in [3.8, 4) is 0 Å². The van der Waals surface area contributed by atoms with Crippen LogP contribution in [0.5, 0.6) is 0 Å². The summed E-state index contributed by atoms with van der Waals surface area (Å²) in [6, 6.07) is 6.97. The second-order valence-corrected chi connectivity index (χ2v) is 4.78. The molecule has 0 aromatic heterocycles. The van der Waals surface area contributed by atoms with E-state index in [0.717, 1.165) is 5.57 Å². The van der Waals surface area contributed by atoms with Gasteiger partial charge < -0.3 is 4.90 Å². The molecule has 0 amide bonds. The van der Waals surface area contributed by atoms with Gasteiger partial charge in [0.2, 0.25) is 0 Å². The van der Waals surface area contributed by atoms with Gasteiger partial charge in [-0.1, -0.05) is 30.3 Å². The third kappa shape index (κ3) is 1.66. The lowest BCUT2D eigenvalue weighted by Crippen LogP contribution is -2.18. The third-order valence-corrected chi connectivity index (χ3v) is 3.41. The van der Waals surface area contributed by atoms with E-state index < -0.39 is 0 Å². The monoisotopic (exact) mass is 251 g/mol. The Morgan fingerprint density at radius 3 is 2.05 bits per heavy atom. The van der Waals surface area contributed by atoms with Gasteiger partial charge in [0.25, 0.3) is 0 Å². The van der Waals surface area contributed by atoms with E-state index in [2.05, 4.69) is 0 Å². The van der Waals surface area contributed by atoms with Gasteiger partial charge in [-0.25, -0.2) is 0 Å². The molecule has 0 unspecified atom stereocenters. The van der Waals surface area contributed by atoms with Gasteiger partial charge in [0, 0.05) is 24.4 Å². The van der Waals surface area contributed by atoms with Crippen LogP contribution >= 0.6 is 0 Å². The van der Waals surface area contributed by atoms with Crippen molar-refractivity contribution >= 4 is 11.6 Å². The van der Waals surface area contributed by atoms with Crippen molar-refractivity contribution in [1.82, 2.24) is 4.90 Å². The van der Waals surface area contributed by atoms with Crippen LogP contribution in [0.25, 0.3) is 0 Å². The molecule has 0 fully saturated rings. The average molecular weight is 251 g/mol. The Morgan fingerprint density at radius 2 is 1.53 bits per heavy atom. The molecule has 0 saturated heterocycles. The van der Waals surface area contributed by atoms with Gasteiger partial charge >= 0.3 is 0 Å². The zero-order valence-corrected chi connectivity index (χ0v) is 10.8. The molecule has 0 N–H and O–H groups in total. The third-order valence-electron chi connectivity index (χ3n) is 3.41. The van der Waals surface area contributed by atoms with Gasteiger partial charge in [-0.2, -0.15) is 0 Å². The minimum Gasteiger partial charge on any atom is -0.350 e. The molecule has 19 heavy (non-hydrogen) atoms. The molecule has 1 aromatic rings. The molecule has 1 aromatic carbocycles. The number of carbonyl (C=O) groups excluding carboxylic acids is 2. The zero-order chi connectivity index (χ0) is 13.6. The number of nitrogens with zero attached hydrogens (tertiary/aromatic N) is 1. The van der Waals surface area contributed by atoms with Crippen LogP contribution in [0.3, 0.4) is 0 Å². The first-order valence-electron chi connectivity index (χ1n) is 6.11. The minimum atomic E-state index is -0.181. The molecular weight excluding hydrogens is 238 g/mol. The smallest absolute Gasteiger partial charge is 0.199 e. The van der Waals surface area contributed by atoms with Crippen LogP contribution in [0.15, 0.2) is 59.5 Å². The predicted molar refractivity (Wildman–Crippen MR) is 72.8 cm³/mol. The standard InChI is InChI=1S/C16H13NO2/c1-10-7-8-13(17(2)9-10)14-15(18)11-5-3-4-6-12(11)16(14)19/h3-9H,1-2H3. The van der Waals surface area contributed by atoms with Gasteiger partial charge in [-0.15, -0.1) is 0 Å². The number of hydrogen-bond donors (Lipinski definition) is 0. The van der Waals surface area contributed by atoms with Gasteiger partial charge in [0.05, 0.1) is 11.3 Å². The number of Topliss-reactive ketones (excluding diaryl/α,β-unsaturated/α-hetero) is 2. The highest BCUT2D eigenvalue weighted by molar-refractivity contribution is 6.39. The van der Waals surface area contributed by atoms with E-state index in [9.17, 15) is 9.59 Å². The molecule has 0 spiro atoms. The zero-order valence-electron chi connectivity index (χ0n) is 10.8. The lowest BCUT2D eigenvalue weighted by atomic mass is 10.0. The first kappa shape index (κ1) is 11.7. The second kappa shape index (κ2) is 4.05. The summed E-state index contributed by atoms with van der Waals surface area (Å²) < 4.78 is 0. The fourth-order valence-corrected chi connectivity index (χ4v) is 2.49. The maximum atomic E-state index is 12.4. The average Bonchev–Trinajstić information content (AvgIpc) is 2.64. The molecule has 0 radical (unpaired) electrons. The molecule has 1 heterocycles. The number of likely N-dealkylation sites (N-methyl/N-ethyl adjacent to an activating group) is 1. The fourth-order valence-electron chi connectivity index (χ4n) is 2.49. The Labute approximate surface area is 111 Å². The largest absolute Gasteiger partial charge is 0.350 e. The molecule has 0 atom stereocenters. The minimum absolute atomic E-state index is 0.181. The molecule has 3 nitrogen and oxygen atoms in total. The van der Waals surface area contributed by atoms with E-state index in [4.69, 9.17) is 0 Å². The number of allylic oxidation sites excluding steroid dienone is 4. The van der Waals surface area contributed by atoms with Crippen LogP contribution in [0.1, 0.15) is 27.6 Å². The molecular formula is C16H13NO2. The van der Waals surface area contributed by atoms with Gasteiger partial charge in [0.1, 0.15) is 0 Å². The number of carbonyl (C=O) groups is 2. The summed E-state index contributed by atoms with van der Waals surface area (Å²) in [6.07, 6.45) is 5.64. The molecule has 2 aliphatic rings. The summed E-state index contributed by atoms with van der Waals surface area (Å²) in [6.45, 7) is 1.97. The van der Waals surface area contributed by atoms with Crippen molar-refractivity contribution < 1.29 is 9.59 Å². The summed E-state index contributed by atoms with van der Waals surface area (Å²) in [4.78, 5) is 26.6. The molecule has 0 bridgehead atoms. The highest BCUT2D eigenvalue weighted by Crippen LogP contribution is 2.31. The fraction of sp³-hybridized carbons (Fsp3) is 0.125. The highest BCUT2D eigenvalue weighted by atomic mass is 16.2. The van der Waals surface area contributed by atoms with E-state index in [1.165, 1.54) is 0 Å². The molecule has 94 valence electrons. The van der Waals surface area contributed by atoms with Crippen molar-refractivity contribution in [2.75, 3.05) is 7.05 Å². The van der Waals surface area contributed by atoms with Crippen molar-refractivity contribution in [2.24, 2.45) is 0 Å². The van der Waals surface area contributed by atoms with Crippen molar-refractivity contribution in [2.45, 2.75) is 6.92 Å². The molecule has 3 heteroatoms. The van der Waals surface area contributed by atoms with Crippen molar-refractivity contribution in [3.63, 3.8) is 0 Å². The summed E-state index contributed by atoms with van der Waals surface area (Å²) in [7, 11) is 1.85. The van der Waals surface area contributed by atoms with Crippen molar-refractivity contribution in [1.29, 1.82) is 0 Å². The van der Waals surface area contributed by atoms with Gasteiger partial charge in [-0.3, -0.25) is 9.59 Å². The number of hydrogen-bond acceptors (Lipinski definition) is 3. The van der Waals surface area contributed by atoms with Crippen LogP contribution in [0.2, 0.25) is 0 Å². The maximum absolute atomic E-state index is 12.4. The number of benzene rings is 1. The molecule has 0 saturated carbocycles. The van der Waals surface area contributed by atoms with Gasteiger partial charge in [0.15, 0.2) is 11.6 Å². The van der Waals surface area contributed by atoms with Crippen LogP contribution in [0, 0.1) is 0 Å². The highest BCUT2D eigenvalue weighted by Gasteiger charge is 2.35. The summed E-state index contributed by atoms with van der Waals surface area (Å²) >= 11 is 0. The van der Waals surface area contributed by atoms with E-state index in [1.54, 1.807) is 24.3 Å². The topological polar surface area (TPSA) is 37.4 Å². The number of fused-ring (bicyclic) bond motifs is 1. The second-order valence-electron chi connectivity index (χ2n) is 4.78. The van der Waals surface area contributed by atoms with E-state index >= 15 is 0 Å². The number of ketones is 2. The lowest BCUT2D eigenvalue weighted by Gasteiger charge is -2.21. The van der Waals surface area contributed by atoms with Crippen LogP contribution in [-0.2, 0) is 0 Å². The van der Waals surface area contributed by atoms with Crippen molar-refractivity contribution in [3.05, 3.63) is 70.6 Å². The predicted octanol–water partition coefficient (Wildman–Crippen LogP) is 2.73.